The number of rotatable bonds is 5. The molecule has 0 radical (unpaired) electrons. The number of thiophene rings is 1. The number of hydrogen-bond acceptors (Lipinski definition) is 4. The molecule has 0 atom stereocenters. The molecule has 4 aromatic rings. The van der Waals surface area contributed by atoms with E-state index in [9.17, 15) is 9.59 Å². The Morgan fingerprint density at radius 1 is 0.897 bits per heavy atom. The molecule has 2 aromatic heterocycles. The smallest absolute Gasteiger partial charge is 0.265 e. The van der Waals surface area contributed by atoms with Crippen LogP contribution in [-0.2, 0) is 0 Å². The van der Waals surface area contributed by atoms with Gasteiger partial charge in [0.1, 0.15) is 0 Å². The van der Waals surface area contributed by atoms with Gasteiger partial charge in [-0.25, -0.2) is 4.68 Å². The largest absolute Gasteiger partial charge is 0.322 e. The lowest BCUT2D eigenvalue weighted by atomic mass is 10.2. The van der Waals surface area contributed by atoms with E-state index in [0.717, 1.165) is 10.2 Å². The van der Waals surface area contributed by atoms with E-state index in [1.807, 2.05) is 29.8 Å². The summed E-state index contributed by atoms with van der Waals surface area (Å²) in [5, 5.41) is 11.7. The fraction of sp³-hybridized carbons (Fsp3) is 0. The number of benzene rings is 2. The van der Waals surface area contributed by atoms with Crippen molar-refractivity contribution in [1.82, 2.24) is 9.78 Å². The number of halogens is 1. The molecule has 0 aliphatic rings. The van der Waals surface area contributed by atoms with Gasteiger partial charge in [0.25, 0.3) is 11.8 Å². The summed E-state index contributed by atoms with van der Waals surface area (Å²) in [7, 11) is 0. The van der Waals surface area contributed by atoms with Crippen LogP contribution in [0.1, 0.15) is 20.0 Å². The van der Waals surface area contributed by atoms with E-state index in [2.05, 4.69) is 31.7 Å². The lowest BCUT2D eigenvalue weighted by Gasteiger charge is -2.08. The van der Waals surface area contributed by atoms with Crippen molar-refractivity contribution >= 4 is 50.5 Å². The van der Waals surface area contributed by atoms with Gasteiger partial charge in [-0.15, -0.1) is 11.3 Å². The molecule has 0 bridgehead atoms. The summed E-state index contributed by atoms with van der Waals surface area (Å²) in [4.78, 5) is 25.2. The van der Waals surface area contributed by atoms with Gasteiger partial charge in [0.2, 0.25) is 0 Å². The van der Waals surface area contributed by atoms with Crippen molar-refractivity contribution in [3.05, 3.63) is 93.4 Å². The average molecular weight is 467 g/mol. The highest BCUT2D eigenvalue weighted by Gasteiger charge is 2.09. The van der Waals surface area contributed by atoms with Gasteiger partial charge in [0.15, 0.2) is 0 Å². The van der Waals surface area contributed by atoms with E-state index in [4.69, 9.17) is 0 Å². The summed E-state index contributed by atoms with van der Waals surface area (Å²) in [6.45, 7) is 0. The second-order valence-corrected chi connectivity index (χ2v) is 7.98. The predicted octanol–water partition coefficient (Wildman–Crippen LogP) is 5.20. The summed E-state index contributed by atoms with van der Waals surface area (Å²) < 4.78 is 2.60. The first-order valence-corrected chi connectivity index (χ1v) is 10.3. The van der Waals surface area contributed by atoms with Crippen molar-refractivity contribution in [2.75, 3.05) is 10.6 Å². The lowest BCUT2D eigenvalue weighted by Crippen LogP contribution is -2.12. The number of amides is 2. The third kappa shape index (κ3) is 4.61. The van der Waals surface area contributed by atoms with Crippen molar-refractivity contribution < 1.29 is 9.59 Å². The van der Waals surface area contributed by atoms with Crippen molar-refractivity contribution in [1.29, 1.82) is 0 Å². The molecule has 2 N–H and O–H groups in total. The third-order valence-electron chi connectivity index (χ3n) is 4.09. The van der Waals surface area contributed by atoms with Gasteiger partial charge in [-0.1, -0.05) is 6.07 Å². The minimum atomic E-state index is -0.214. The Balaban J connectivity index is 1.38. The number of aromatic nitrogens is 2. The number of carbonyl (C=O) groups excluding carboxylic acids is 2. The quantitative estimate of drug-likeness (QED) is 0.424. The Labute approximate surface area is 179 Å². The van der Waals surface area contributed by atoms with E-state index in [0.29, 0.717) is 21.8 Å². The first-order chi connectivity index (χ1) is 14.1. The van der Waals surface area contributed by atoms with Crippen molar-refractivity contribution in [2.24, 2.45) is 0 Å². The van der Waals surface area contributed by atoms with Gasteiger partial charge in [0, 0.05) is 23.1 Å². The molecule has 144 valence electrons. The normalized spacial score (nSPS) is 10.5. The van der Waals surface area contributed by atoms with Gasteiger partial charge in [-0.05, 0) is 75.9 Å². The Kier molecular flexibility index (Phi) is 5.55. The van der Waals surface area contributed by atoms with Gasteiger partial charge in [-0.3, -0.25) is 9.59 Å². The summed E-state index contributed by atoms with van der Waals surface area (Å²) in [6, 6.07) is 17.7. The Morgan fingerprint density at radius 2 is 1.55 bits per heavy atom. The van der Waals surface area contributed by atoms with Crippen LogP contribution >= 0.6 is 27.3 Å². The molecule has 29 heavy (non-hydrogen) atoms. The van der Waals surface area contributed by atoms with Crippen LogP contribution in [-0.4, -0.2) is 21.6 Å². The summed E-state index contributed by atoms with van der Waals surface area (Å²) in [6.07, 6.45) is 3.54. The molecule has 0 aliphatic carbocycles. The SMILES string of the molecule is O=C(Nc1ccc(NC(=O)c2cccs2)cc1)c1ccc(-n2cc(Br)cn2)cc1. The summed E-state index contributed by atoms with van der Waals surface area (Å²) in [5.41, 5.74) is 2.70. The van der Waals surface area contributed by atoms with Crippen LogP contribution in [0.4, 0.5) is 11.4 Å². The van der Waals surface area contributed by atoms with Crippen LogP contribution in [0, 0.1) is 0 Å². The average Bonchev–Trinajstić information content (AvgIpc) is 3.41. The zero-order valence-electron chi connectivity index (χ0n) is 15.0. The number of hydrogen-bond donors (Lipinski definition) is 2. The second kappa shape index (κ2) is 8.42. The van der Waals surface area contributed by atoms with Gasteiger partial charge in [-0.2, -0.15) is 5.10 Å². The fourth-order valence-corrected chi connectivity index (χ4v) is 3.55. The van der Waals surface area contributed by atoms with Crippen LogP contribution < -0.4 is 10.6 Å². The van der Waals surface area contributed by atoms with Crippen LogP contribution in [0.3, 0.4) is 0 Å². The maximum Gasteiger partial charge on any atom is 0.265 e. The van der Waals surface area contributed by atoms with E-state index in [1.54, 1.807) is 53.3 Å². The molecule has 0 spiro atoms. The van der Waals surface area contributed by atoms with Crippen LogP contribution in [0.15, 0.2) is 82.9 Å². The monoisotopic (exact) mass is 466 g/mol. The first-order valence-electron chi connectivity index (χ1n) is 8.65. The lowest BCUT2D eigenvalue weighted by molar-refractivity contribution is 0.102. The van der Waals surface area contributed by atoms with E-state index in [-0.39, 0.29) is 11.8 Å². The molecule has 6 nitrogen and oxygen atoms in total. The molecule has 4 rings (SSSR count). The first kappa shape index (κ1) is 19.1. The van der Waals surface area contributed by atoms with Crippen molar-refractivity contribution in [3.63, 3.8) is 0 Å². The Morgan fingerprint density at radius 3 is 2.10 bits per heavy atom. The topological polar surface area (TPSA) is 76.0 Å². The highest BCUT2D eigenvalue weighted by molar-refractivity contribution is 9.10. The Bertz CT molecular complexity index is 1140. The number of carbonyl (C=O) groups is 2. The number of nitrogens with one attached hydrogen (secondary N) is 2. The molecule has 0 unspecified atom stereocenters. The van der Waals surface area contributed by atoms with Crippen LogP contribution in [0.25, 0.3) is 5.69 Å². The van der Waals surface area contributed by atoms with E-state index in [1.165, 1.54) is 11.3 Å². The second-order valence-electron chi connectivity index (χ2n) is 6.11. The molecule has 0 aliphatic heterocycles. The molecule has 2 heterocycles. The maximum atomic E-state index is 12.5. The van der Waals surface area contributed by atoms with Crippen molar-refractivity contribution in [2.45, 2.75) is 0 Å². The van der Waals surface area contributed by atoms with Crippen molar-refractivity contribution in [3.8, 4) is 5.69 Å². The molecule has 8 heteroatoms. The van der Waals surface area contributed by atoms with E-state index < -0.39 is 0 Å². The molecule has 2 amide bonds. The summed E-state index contributed by atoms with van der Waals surface area (Å²) in [5.74, 6) is -0.366. The maximum absolute atomic E-state index is 12.5. The highest BCUT2D eigenvalue weighted by atomic mass is 79.9. The number of anilines is 2. The molecule has 0 saturated heterocycles. The zero-order chi connectivity index (χ0) is 20.2. The minimum absolute atomic E-state index is 0.152. The fourth-order valence-electron chi connectivity index (χ4n) is 2.65. The predicted molar refractivity (Wildman–Crippen MR) is 118 cm³/mol. The minimum Gasteiger partial charge on any atom is -0.322 e. The van der Waals surface area contributed by atoms with Gasteiger partial charge in [0.05, 0.1) is 21.2 Å². The zero-order valence-corrected chi connectivity index (χ0v) is 17.4. The highest BCUT2D eigenvalue weighted by Crippen LogP contribution is 2.18. The Hall–Kier alpha value is -3.23. The summed E-state index contributed by atoms with van der Waals surface area (Å²) >= 11 is 4.75. The molecular weight excluding hydrogens is 452 g/mol. The molecule has 0 fully saturated rings. The van der Waals surface area contributed by atoms with Gasteiger partial charge < -0.3 is 10.6 Å². The standard InChI is InChI=1S/C21H15BrN4O2S/c22-15-12-23-26(13-15)18-9-3-14(4-10-18)20(27)24-16-5-7-17(8-6-16)25-21(28)19-2-1-11-29-19/h1-13H,(H,24,27)(H,25,28). The van der Waals surface area contributed by atoms with Crippen LogP contribution in [0.5, 0.6) is 0 Å². The molecule has 0 saturated carbocycles. The van der Waals surface area contributed by atoms with E-state index >= 15 is 0 Å². The molecule has 2 aromatic carbocycles. The van der Waals surface area contributed by atoms with Gasteiger partial charge >= 0.3 is 0 Å². The van der Waals surface area contributed by atoms with Crippen LogP contribution in [0.2, 0.25) is 0 Å². The molecular formula is C21H15BrN4O2S. The number of nitrogens with zero attached hydrogens (tertiary/aromatic N) is 2. The third-order valence-corrected chi connectivity index (χ3v) is 5.37.